The molecule has 0 unspecified atom stereocenters. The molecule has 1 N–H and O–H groups in total. The average Bonchev–Trinajstić information content (AvgIpc) is 1.61. The average molecular weight is 134 g/mol. The molecule has 0 aromatic carbocycles. The Morgan fingerprint density at radius 1 is 1.62 bits per heavy atom. The van der Waals surface area contributed by atoms with Crippen molar-refractivity contribution in [2.24, 2.45) is 0 Å². The largest absolute Gasteiger partial charge is 0.314 e. The lowest BCUT2D eigenvalue weighted by Crippen LogP contribution is -2.25. The Morgan fingerprint density at radius 2 is 2.12 bits per heavy atom. The van der Waals surface area contributed by atoms with Gasteiger partial charge in [0.25, 0.3) is 0 Å². The molecule has 0 aliphatic heterocycles. The fraction of sp³-hybridized carbons (Fsp3) is 0.800. The molecule has 0 rings (SSSR count). The first-order chi connectivity index (χ1) is 3.63. The Balaban J connectivity index is 3.05. The number of nitrogens with one attached hydrogen (secondary N) is 1. The van der Waals surface area contributed by atoms with Crippen molar-refractivity contribution in [3.8, 4) is 0 Å². The molecule has 2 nitrogen and oxygen atoms in total. The van der Waals surface area contributed by atoms with E-state index in [1.807, 2.05) is 0 Å². The number of carbonyl (C=O) groups excluding carboxylic acids is 1. The van der Waals surface area contributed by atoms with Crippen molar-refractivity contribution in [2.45, 2.75) is 6.92 Å². The van der Waals surface area contributed by atoms with Gasteiger partial charge in [-0.3, -0.25) is 4.79 Å². The SMILES string of the molecule is CC(=O)NC[S+](C)C. The van der Waals surface area contributed by atoms with E-state index in [2.05, 4.69) is 17.8 Å². The summed E-state index contributed by atoms with van der Waals surface area (Å²) in [4.78, 5) is 10.2. The minimum Gasteiger partial charge on any atom is -0.314 e. The Labute approximate surface area is 53.0 Å². The highest BCUT2D eigenvalue weighted by atomic mass is 32.2. The second-order valence-electron chi connectivity index (χ2n) is 1.86. The minimum atomic E-state index is 0.0613. The molecule has 0 aliphatic rings. The zero-order chi connectivity index (χ0) is 6.57. The van der Waals surface area contributed by atoms with Gasteiger partial charge in [0.15, 0.2) is 5.88 Å². The monoisotopic (exact) mass is 134 g/mol. The van der Waals surface area contributed by atoms with Gasteiger partial charge in [-0.1, -0.05) is 0 Å². The van der Waals surface area contributed by atoms with Gasteiger partial charge in [0.1, 0.15) is 0 Å². The third kappa shape index (κ3) is 5.82. The first-order valence-electron chi connectivity index (χ1n) is 2.41. The number of amides is 1. The van der Waals surface area contributed by atoms with Crippen molar-refractivity contribution in [1.29, 1.82) is 0 Å². The normalized spacial score (nSPS) is 9.50. The predicted molar refractivity (Wildman–Crippen MR) is 37.9 cm³/mol. The summed E-state index contributed by atoms with van der Waals surface area (Å²) in [7, 11) is 0.332. The van der Waals surface area contributed by atoms with Crippen molar-refractivity contribution < 1.29 is 4.79 Å². The summed E-state index contributed by atoms with van der Waals surface area (Å²) in [5.74, 6) is 0.876. The molecule has 0 spiro atoms. The van der Waals surface area contributed by atoms with E-state index >= 15 is 0 Å². The summed E-state index contributed by atoms with van der Waals surface area (Å²) in [6.45, 7) is 1.53. The van der Waals surface area contributed by atoms with Crippen molar-refractivity contribution in [3.63, 3.8) is 0 Å². The molecule has 0 bridgehead atoms. The quantitative estimate of drug-likeness (QED) is 0.527. The van der Waals surface area contributed by atoms with Crippen LogP contribution in [-0.4, -0.2) is 24.3 Å². The number of rotatable bonds is 2. The van der Waals surface area contributed by atoms with Gasteiger partial charge in [0.2, 0.25) is 5.91 Å². The van der Waals surface area contributed by atoms with Crippen LogP contribution in [0.5, 0.6) is 0 Å². The molecule has 0 aromatic heterocycles. The summed E-state index contributed by atoms with van der Waals surface area (Å²) >= 11 is 0. The van der Waals surface area contributed by atoms with Gasteiger partial charge < -0.3 is 5.32 Å². The summed E-state index contributed by atoms with van der Waals surface area (Å²) in [6.07, 6.45) is 4.19. The summed E-state index contributed by atoms with van der Waals surface area (Å²) < 4.78 is 0. The van der Waals surface area contributed by atoms with Gasteiger partial charge in [-0.25, -0.2) is 0 Å². The third-order valence-electron chi connectivity index (χ3n) is 0.610. The molecule has 1 amide bonds. The van der Waals surface area contributed by atoms with Gasteiger partial charge in [-0.2, -0.15) is 0 Å². The number of carbonyl (C=O) groups is 1. The van der Waals surface area contributed by atoms with E-state index in [-0.39, 0.29) is 5.91 Å². The third-order valence-corrected chi connectivity index (χ3v) is 1.33. The Morgan fingerprint density at radius 3 is 2.25 bits per heavy atom. The zero-order valence-corrected chi connectivity index (χ0v) is 6.34. The van der Waals surface area contributed by atoms with Gasteiger partial charge >= 0.3 is 0 Å². The van der Waals surface area contributed by atoms with E-state index in [0.717, 1.165) is 5.88 Å². The highest BCUT2D eigenvalue weighted by molar-refractivity contribution is 7.95. The molecule has 0 fully saturated rings. The lowest BCUT2D eigenvalue weighted by atomic mass is 10.7. The van der Waals surface area contributed by atoms with Gasteiger partial charge in [-0.05, 0) is 0 Å². The van der Waals surface area contributed by atoms with Gasteiger partial charge in [0.05, 0.1) is 12.5 Å². The second kappa shape index (κ2) is 3.78. The van der Waals surface area contributed by atoms with Crippen LogP contribution in [0.1, 0.15) is 6.92 Å². The molecule has 0 saturated carbocycles. The van der Waals surface area contributed by atoms with E-state index in [1.165, 1.54) is 6.92 Å². The molecule has 0 atom stereocenters. The van der Waals surface area contributed by atoms with Crippen LogP contribution in [-0.2, 0) is 15.7 Å². The summed E-state index contributed by atoms with van der Waals surface area (Å²) in [6, 6.07) is 0. The molecule has 0 aromatic rings. The number of hydrogen-bond donors (Lipinski definition) is 1. The zero-order valence-electron chi connectivity index (χ0n) is 5.52. The maximum Gasteiger partial charge on any atom is 0.220 e. The van der Waals surface area contributed by atoms with E-state index in [0.29, 0.717) is 10.9 Å². The molecule has 0 saturated heterocycles. The van der Waals surface area contributed by atoms with E-state index < -0.39 is 0 Å². The van der Waals surface area contributed by atoms with E-state index in [9.17, 15) is 4.79 Å². The Hall–Kier alpha value is -0.180. The van der Waals surface area contributed by atoms with Crippen LogP contribution >= 0.6 is 0 Å². The standard InChI is InChI=1S/C5H11NOS/c1-5(7)6-4-8(2)3/h4H2,1-3H3/p+1. The van der Waals surface area contributed by atoms with Gasteiger partial charge in [0, 0.05) is 17.8 Å². The number of hydrogen-bond acceptors (Lipinski definition) is 1. The lowest BCUT2D eigenvalue weighted by Gasteiger charge is -1.95. The molecule has 0 radical (unpaired) electrons. The van der Waals surface area contributed by atoms with Crippen LogP contribution < -0.4 is 5.32 Å². The molecule has 0 aliphatic carbocycles. The first kappa shape index (κ1) is 7.82. The van der Waals surface area contributed by atoms with Crippen LogP contribution in [0, 0.1) is 0 Å². The fourth-order valence-electron chi connectivity index (χ4n) is 0.246. The van der Waals surface area contributed by atoms with E-state index in [4.69, 9.17) is 0 Å². The van der Waals surface area contributed by atoms with Crippen molar-refractivity contribution in [2.75, 3.05) is 18.4 Å². The summed E-state index contributed by atoms with van der Waals surface area (Å²) in [5.41, 5.74) is 0. The molecule has 0 heterocycles. The minimum absolute atomic E-state index is 0.0613. The molecule has 48 valence electrons. The van der Waals surface area contributed by atoms with Crippen LogP contribution in [0.15, 0.2) is 0 Å². The highest BCUT2D eigenvalue weighted by Gasteiger charge is 2.00. The molecule has 3 heteroatoms. The Kier molecular flexibility index (Phi) is 3.69. The van der Waals surface area contributed by atoms with Gasteiger partial charge in [-0.15, -0.1) is 0 Å². The predicted octanol–water partition coefficient (Wildman–Crippen LogP) is -0.0421. The first-order valence-corrected chi connectivity index (χ1v) is 4.62. The smallest absolute Gasteiger partial charge is 0.220 e. The molecular weight excluding hydrogens is 122 g/mol. The van der Waals surface area contributed by atoms with Crippen molar-refractivity contribution in [3.05, 3.63) is 0 Å². The maximum absolute atomic E-state index is 10.2. The Bertz CT molecular complexity index is 82.5. The highest BCUT2D eigenvalue weighted by Crippen LogP contribution is 1.76. The second-order valence-corrected chi connectivity index (χ2v) is 4.12. The van der Waals surface area contributed by atoms with Crippen LogP contribution in [0.4, 0.5) is 0 Å². The molecular formula is C5H12NOS+. The van der Waals surface area contributed by atoms with Crippen LogP contribution in [0.25, 0.3) is 0 Å². The summed E-state index contributed by atoms with van der Waals surface area (Å²) in [5, 5.41) is 2.72. The topological polar surface area (TPSA) is 29.1 Å². The fourth-order valence-corrected chi connectivity index (χ4v) is 0.738. The van der Waals surface area contributed by atoms with Crippen molar-refractivity contribution in [1.82, 2.24) is 5.32 Å². The maximum atomic E-state index is 10.2. The van der Waals surface area contributed by atoms with E-state index in [1.54, 1.807) is 0 Å². The van der Waals surface area contributed by atoms with Crippen molar-refractivity contribution >= 4 is 16.8 Å². The lowest BCUT2D eigenvalue weighted by molar-refractivity contribution is -0.118. The van der Waals surface area contributed by atoms with Crippen LogP contribution in [0.3, 0.4) is 0 Å². The molecule has 8 heavy (non-hydrogen) atoms. The van der Waals surface area contributed by atoms with Crippen LogP contribution in [0.2, 0.25) is 0 Å².